The number of hydrogen-bond acceptors (Lipinski definition) is 6. The normalized spacial score (nSPS) is 12.0. The van der Waals surface area contributed by atoms with Gasteiger partial charge in [-0.1, -0.05) is 11.3 Å². The largest absolute Gasteiger partial charge is 0.382 e. The maximum atomic E-state index is 5.38. The molecule has 0 aromatic carbocycles. The van der Waals surface area contributed by atoms with Gasteiger partial charge < -0.3 is 14.8 Å². The molecule has 0 aliphatic rings. The van der Waals surface area contributed by atoms with E-state index in [0.29, 0.717) is 19.8 Å². The van der Waals surface area contributed by atoms with Crippen molar-refractivity contribution in [2.75, 3.05) is 20.3 Å². The summed E-state index contributed by atoms with van der Waals surface area (Å²) in [5.41, 5.74) is 0.0980. The van der Waals surface area contributed by atoms with Gasteiger partial charge in [-0.05, 0) is 20.8 Å². The fraction of sp³-hybridized carbons (Fsp3) is 0.818. The summed E-state index contributed by atoms with van der Waals surface area (Å²) in [6.45, 7) is 8.84. The molecule has 0 amide bonds. The predicted molar refractivity (Wildman–Crippen MR) is 68.0 cm³/mol. The Balaban J connectivity index is 2.28. The molecule has 0 spiro atoms. The Morgan fingerprint density at radius 2 is 1.88 bits per heavy atom. The van der Waals surface area contributed by atoms with Gasteiger partial charge in [0.05, 0.1) is 19.8 Å². The van der Waals surface area contributed by atoms with E-state index in [9.17, 15) is 0 Å². The van der Waals surface area contributed by atoms with Crippen molar-refractivity contribution in [2.24, 2.45) is 0 Å². The molecule has 6 heteroatoms. The Labute approximate surface area is 107 Å². The fourth-order valence-corrected chi connectivity index (χ4v) is 1.78. The van der Waals surface area contributed by atoms with Crippen LogP contribution in [0.2, 0.25) is 0 Å². The monoisotopic (exact) mass is 259 g/mol. The molecule has 0 saturated heterocycles. The van der Waals surface area contributed by atoms with Gasteiger partial charge in [-0.3, -0.25) is 0 Å². The van der Waals surface area contributed by atoms with Crippen molar-refractivity contribution >= 4 is 11.3 Å². The minimum atomic E-state index is 0.0980. The molecule has 0 saturated carbocycles. The number of hydrogen-bond donors (Lipinski definition) is 1. The topological polar surface area (TPSA) is 56.3 Å². The van der Waals surface area contributed by atoms with E-state index in [0.717, 1.165) is 16.6 Å². The van der Waals surface area contributed by atoms with E-state index in [1.54, 1.807) is 18.4 Å². The van der Waals surface area contributed by atoms with Crippen molar-refractivity contribution in [1.29, 1.82) is 0 Å². The van der Waals surface area contributed by atoms with E-state index in [1.807, 2.05) is 0 Å². The summed E-state index contributed by atoms with van der Waals surface area (Å²) in [7, 11) is 1.66. The molecule has 1 aromatic rings. The molecule has 0 unspecified atom stereocenters. The standard InChI is InChI=1S/C11H21N3O2S/c1-11(2,3)12-7-9-13-14-10(17-9)8-16-6-5-15-4/h12H,5-8H2,1-4H3. The maximum Gasteiger partial charge on any atom is 0.143 e. The quantitative estimate of drug-likeness (QED) is 0.754. The first-order valence-corrected chi connectivity index (χ1v) is 6.46. The van der Waals surface area contributed by atoms with Crippen LogP contribution < -0.4 is 5.32 Å². The minimum Gasteiger partial charge on any atom is -0.382 e. The molecule has 0 atom stereocenters. The van der Waals surface area contributed by atoms with Crippen LogP contribution in [0, 0.1) is 0 Å². The maximum absolute atomic E-state index is 5.38. The number of aromatic nitrogens is 2. The third-order valence-electron chi connectivity index (χ3n) is 1.94. The lowest BCUT2D eigenvalue weighted by Gasteiger charge is -2.19. The first-order valence-electron chi connectivity index (χ1n) is 5.64. The number of methoxy groups -OCH3 is 1. The highest BCUT2D eigenvalue weighted by Gasteiger charge is 2.11. The molecule has 0 aliphatic heterocycles. The lowest BCUT2D eigenvalue weighted by molar-refractivity contribution is 0.0613. The van der Waals surface area contributed by atoms with E-state index in [1.165, 1.54) is 0 Å². The molecule has 1 N–H and O–H groups in total. The molecule has 17 heavy (non-hydrogen) atoms. The molecule has 5 nitrogen and oxygen atoms in total. The number of nitrogens with zero attached hydrogens (tertiary/aromatic N) is 2. The molecule has 1 rings (SSSR count). The third-order valence-corrected chi connectivity index (χ3v) is 2.83. The van der Waals surface area contributed by atoms with Crippen LogP contribution >= 0.6 is 11.3 Å². The van der Waals surface area contributed by atoms with Gasteiger partial charge in [0.2, 0.25) is 0 Å². The van der Waals surface area contributed by atoms with Crippen LogP contribution in [-0.2, 0) is 22.6 Å². The first-order chi connectivity index (χ1) is 8.01. The molecule has 0 aliphatic carbocycles. The summed E-state index contributed by atoms with van der Waals surface area (Å²) in [5, 5.41) is 13.5. The van der Waals surface area contributed by atoms with Gasteiger partial charge in [-0.25, -0.2) is 0 Å². The SMILES string of the molecule is COCCOCc1nnc(CNC(C)(C)C)s1. The highest BCUT2D eigenvalue weighted by atomic mass is 32.1. The Hall–Kier alpha value is -0.560. The van der Waals surface area contributed by atoms with Crippen LogP contribution in [0.4, 0.5) is 0 Å². The fourth-order valence-electron chi connectivity index (χ4n) is 1.06. The van der Waals surface area contributed by atoms with E-state index in [2.05, 4.69) is 36.3 Å². The van der Waals surface area contributed by atoms with Gasteiger partial charge in [0.15, 0.2) is 0 Å². The zero-order chi connectivity index (χ0) is 12.7. The van der Waals surface area contributed by atoms with Crippen molar-refractivity contribution in [3.63, 3.8) is 0 Å². The second-order valence-corrected chi connectivity index (χ2v) is 5.89. The van der Waals surface area contributed by atoms with E-state index < -0.39 is 0 Å². The van der Waals surface area contributed by atoms with Crippen LogP contribution in [-0.4, -0.2) is 36.1 Å². The Kier molecular flexibility index (Phi) is 5.97. The predicted octanol–water partition coefficient (Wildman–Crippen LogP) is 1.59. The van der Waals surface area contributed by atoms with Crippen molar-refractivity contribution < 1.29 is 9.47 Å². The second kappa shape index (κ2) is 7.00. The molecule has 1 aromatic heterocycles. The average Bonchev–Trinajstić information content (AvgIpc) is 2.69. The number of ether oxygens (including phenoxy) is 2. The van der Waals surface area contributed by atoms with E-state index >= 15 is 0 Å². The zero-order valence-electron chi connectivity index (χ0n) is 10.9. The molecular formula is C11H21N3O2S. The van der Waals surface area contributed by atoms with Crippen LogP contribution in [0.3, 0.4) is 0 Å². The van der Waals surface area contributed by atoms with Crippen molar-refractivity contribution in [2.45, 2.75) is 39.5 Å². The highest BCUT2D eigenvalue weighted by molar-refractivity contribution is 7.11. The Morgan fingerprint density at radius 1 is 1.18 bits per heavy atom. The molecule has 98 valence electrons. The van der Waals surface area contributed by atoms with Crippen molar-refractivity contribution in [3.05, 3.63) is 10.0 Å². The first kappa shape index (κ1) is 14.5. The van der Waals surface area contributed by atoms with Crippen LogP contribution in [0.1, 0.15) is 30.8 Å². The summed E-state index contributed by atoms with van der Waals surface area (Å²) in [6.07, 6.45) is 0. The van der Waals surface area contributed by atoms with Gasteiger partial charge in [0.25, 0.3) is 0 Å². The lowest BCUT2D eigenvalue weighted by Crippen LogP contribution is -2.35. The van der Waals surface area contributed by atoms with Gasteiger partial charge in [-0.2, -0.15) is 0 Å². The Bertz CT molecular complexity index is 323. The number of rotatable bonds is 7. The molecule has 0 radical (unpaired) electrons. The van der Waals surface area contributed by atoms with Gasteiger partial charge in [-0.15, -0.1) is 10.2 Å². The highest BCUT2D eigenvalue weighted by Crippen LogP contribution is 2.12. The van der Waals surface area contributed by atoms with Crippen molar-refractivity contribution in [1.82, 2.24) is 15.5 Å². The third kappa shape index (κ3) is 6.68. The average molecular weight is 259 g/mol. The Morgan fingerprint density at radius 3 is 2.53 bits per heavy atom. The lowest BCUT2D eigenvalue weighted by atomic mass is 10.1. The summed E-state index contributed by atoms with van der Waals surface area (Å²) < 4.78 is 10.3. The number of nitrogens with one attached hydrogen (secondary N) is 1. The van der Waals surface area contributed by atoms with Gasteiger partial charge in [0, 0.05) is 12.6 Å². The smallest absolute Gasteiger partial charge is 0.143 e. The summed E-state index contributed by atoms with van der Waals surface area (Å²) >= 11 is 1.58. The summed E-state index contributed by atoms with van der Waals surface area (Å²) in [6, 6.07) is 0. The van der Waals surface area contributed by atoms with Gasteiger partial charge >= 0.3 is 0 Å². The van der Waals surface area contributed by atoms with Crippen LogP contribution in [0.15, 0.2) is 0 Å². The van der Waals surface area contributed by atoms with Gasteiger partial charge in [0.1, 0.15) is 16.6 Å². The summed E-state index contributed by atoms with van der Waals surface area (Å²) in [5.74, 6) is 0. The molecule has 0 bridgehead atoms. The molecular weight excluding hydrogens is 238 g/mol. The zero-order valence-corrected chi connectivity index (χ0v) is 11.8. The van der Waals surface area contributed by atoms with E-state index in [-0.39, 0.29) is 5.54 Å². The second-order valence-electron chi connectivity index (χ2n) is 4.74. The molecule has 0 fully saturated rings. The van der Waals surface area contributed by atoms with Crippen LogP contribution in [0.25, 0.3) is 0 Å². The van der Waals surface area contributed by atoms with E-state index in [4.69, 9.17) is 9.47 Å². The molecule has 1 heterocycles. The van der Waals surface area contributed by atoms with Crippen LogP contribution in [0.5, 0.6) is 0 Å². The summed E-state index contributed by atoms with van der Waals surface area (Å²) in [4.78, 5) is 0. The van der Waals surface area contributed by atoms with Crippen molar-refractivity contribution in [3.8, 4) is 0 Å². The minimum absolute atomic E-state index is 0.0980.